The smallest absolute Gasteiger partial charge is 0.165 e. The first-order chi connectivity index (χ1) is 20.2. The minimum absolute atomic E-state index is 0.123. The molecular weight excluding hydrogens is 540 g/mol. The monoisotopic (exact) mass is 587 g/mol. The fourth-order valence-electron chi connectivity index (χ4n) is 6.57. The van der Waals surface area contributed by atoms with Crippen LogP contribution in [0.25, 0.3) is 0 Å². The summed E-state index contributed by atoms with van der Waals surface area (Å²) < 4.78 is 2.30. The van der Waals surface area contributed by atoms with Gasteiger partial charge in [0.25, 0.3) is 0 Å². The number of anilines is 2. The van der Waals surface area contributed by atoms with Gasteiger partial charge in [-0.1, -0.05) is 39.3 Å². The van der Waals surface area contributed by atoms with Crippen LogP contribution in [0.1, 0.15) is 85.1 Å². The SMILES string of the molecule is CCNc1ccc([C@H](c2cc(Cn3ccnc3CN3CCC(CC)CC3)c(C)s2)C(C)(C)C(=O)C2=C[CH]2)c(C)c1NN. The third kappa shape index (κ3) is 6.21. The fourth-order valence-corrected chi connectivity index (χ4v) is 7.92. The Morgan fingerprint density at radius 1 is 1.19 bits per heavy atom. The molecule has 1 fully saturated rings. The number of aromatic nitrogens is 2. The Kier molecular flexibility index (Phi) is 9.26. The zero-order chi connectivity index (χ0) is 30.0. The molecule has 3 heterocycles. The largest absolute Gasteiger partial charge is 0.384 e. The second-order valence-corrected chi connectivity index (χ2v) is 13.8. The molecule has 0 bridgehead atoms. The molecule has 1 radical (unpaired) electrons. The van der Waals surface area contributed by atoms with E-state index in [1.807, 2.05) is 18.7 Å². The van der Waals surface area contributed by atoms with Crippen molar-refractivity contribution in [3.63, 3.8) is 0 Å². The van der Waals surface area contributed by atoms with E-state index >= 15 is 0 Å². The van der Waals surface area contributed by atoms with Crippen LogP contribution < -0.4 is 16.6 Å². The zero-order valence-corrected chi connectivity index (χ0v) is 26.9. The lowest BCUT2D eigenvalue weighted by Crippen LogP contribution is -2.34. The summed E-state index contributed by atoms with van der Waals surface area (Å²) in [6.07, 6.45) is 11.7. The maximum atomic E-state index is 13.7. The van der Waals surface area contributed by atoms with Gasteiger partial charge in [0.1, 0.15) is 5.82 Å². The Hall–Kier alpha value is -2.94. The van der Waals surface area contributed by atoms with Crippen LogP contribution in [-0.2, 0) is 17.9 Å². The van der Waals surface area contributed by atoms with Crippen molar-refractivity contribution in [2.75, 3.05) is 30.4 Å². The lowest BCUT2D eigenvalue weighted by atomic mass is 9.69. The quantitative estimate of drug-likeness (QED) is 0.150. The number of hydrazine groups is 1. The predicted molar refractivity (Wildman–Crippen MR) is 175 cm³/mol. The number of carbonyl (C=O) groups excluding carboxylic acids is 1. The van der Waals surface area contributed by atoms with Crippen LogP contribution in [-0.4, -0.2) is 39.9 Å². The number of likely N-dealkylation sites (tertiary alicyclic amines) is 1. The summed E-state index contributed by atoms with van der Waals surface area (Å²) in [5.74, 6) is 8.08. The number of aryl methyl sites for hydroxylation is 1. The number of nitrogens with one attached hydrogen (secondary N) is 2. The van der Waals surface area contributed by atoms with E-state index in [1.54, 1.807) is 11.3 Å². The molecule has 5 rings (SSSR count). The fraction of sp³-hybridized carbons (Fsp3) is 0.500. The third-order valence-electron chi connectivity index (χ3n) is 9.35. The molecule has 3 aromatic rings. The van der Waals surface area contributed by atoms with E-state index in [4.69, 9.17) is 10.8 Å². The van der Waals surface area contributed by atoms with Gasteiger partial charge in [-0.05, 0) is 81.4 Å². The average Bonchev–Trinajstić information content (AvgIpc) is 3.64. The van der Waals surface area contributed by atoms with Crippen LogP contribution >= 0.6 is 11.3 Å². The van der Waals surface area contributed by atoms with E-state index in [2.05, 4.69) is 86.1 Å². The molecule has 1 aromatic carbocycles. The second kappa shape index (κ2) is 12.7. The maximum Gasteiger partial charge on any atom is 0.165 e. The summed E-state index contributed by atoms with van der Waals surface area (Å²) in [6, 6.07) is 6.58. The Balaban J connectivity index is 1.47. The van der Waals surface area contributed by atoms with Crippen LogP contribution in [0.4, 0.5) is 11.4 Å². The molecular formula is C34H47N6OS. The molecule has 1 aliphatic heterocycles. The number of nitrogen functional groups attached to an aromatic ring is 1. The lowest BCUT2D eigenvalue weighted by molar-refractivity contribution is -0.123. The molecule has 1 saturated heterocycles. The van der Waals surface area contributed by atoms with Crippen molar-refractivity contribution in [1.29, 1.82) is 0 Å². The van der Waals surface area contributed by atoms with Crippen LogP contribution in [0.2, 0.25) is 0 Å². The third-order valence-corrected chi connectivity index (χ3v) is 10.5. The molecule has 0 amide bonds. The van der Waals surface area contributed by atoms with E-state index in [1.165, 1.54) is 34.6 Å². The zero-order valence-electron chi connectivity index (χ0n) is 26.1. The molecule has 4 N–H and O–H groups in total. The van der Waals surface area contributed by atoms with Crippen LogP contribution in [0.15, 0.2) is 42.2 Å². The van der Waals surface area contributed by atoms with E-state index < -0.39 is 5.41 Å². The van der Waals surface area contributed by atoms with Crippen molar-refractivity contribution in [2.45, 2.75) is 79.8 Å². The van der Waals surface area contributed by atoms with Crippen molar-refractivity contribution < 1.29 is 4.79 Å². The molecule has 0 unspecified atom stereocenters. The minimum atomic E-state index is -0.644. The number of hydrogen-bond donors (Lipinski definition) is 3. The van der Waals surface area contributed by atoms with E-state index in [-0.39, 0.29) is 11.7 Å². The topological polar surface area (TPSA) is 88.2 Å². The second-order valence-electron chi connectivity index (χ2n) is 12.5. The average molecular weight is 588 g/mol. The molecule has 2 aliphatic rings. The number of hydrogen-bond acceptors (Lipinski definition) is 7. The molecule has 0 spiro atoms. The summed E-state index contributed by atoms with van der Waals surface area (Å²) in [4.78, 5) is 23.5. The van der Waals surface area contributed by atoms with Gasteiger partial charge in [0.05, 0.1) is 17.9 Å². The number of piperidine rings is 1. The standard InChI is InChI=1S/C34H47N6OS/c1-7-24-13-16-39(17-14-24)21-30-37-15-18-40(30)20-26-19-29(42-23(26)4)31(34(5,6)33(41)25-9-10-25)27-11-12-28(36-8-2)32(38-35)22(27)3/h9-12,15,18-19,24,31,36,38H,7-8,13-14,16-17,20-21,35H2,1-6H3/t31-/m1/s1. The van der Waals surface area contributed by atoms with E-state index in [0.717, 1.165) is 72.5 Å². The summed E-state index contributed by atoms with van der Waals surface area (Å²) in [6.45, 7) is 17.6. The van der Waals surface area contributed by atoms with Crippen LogP contribution in [0.3, 0.4) is 0 Å². The summed E-state index contributed by atoms with van der Waals surface area (Å²) >= 11 is 1.80. The van der Waals surface area contributed by atoms with Gasteiger partial charge in [-0.15, -0.1) is 11.3 Å². The normalized spacial score (nSPS) is 16.8. The van der Waals surface area contributed by atoms with Crippen molar-refractivity contribution in [3.05, 3.63) is 80.9 Å². The number of allylic oxidation sites excluding steroid dienone is 2. The number of Topliss-reactive ketones (excluding diaryl/α,β-unsaturated/α-hetero) is 1. The molecule has 42 heavy (non-hydrogen) atoms. The predicted octanol–water partition coefficient (Wildman–Crippen LogP) is 6.82. The van der Waals surface area contributed by atoms with Gasteiger partial charge in [0, 0.05) is 58.6 Å². The van der Waals surface area contributed by atoms with Crippen molar-refractivity contribution in [2.24, 2.45) is 17.2 Å². The number of nitrogens with zero attached hydrogens (tertiary/aromatic N) is 3. The van der Waals surface area contributed by atoms with Crippen molar-refractivity contribution in [1.82, 2.24) is 14.5 Å². The Bertz CT molecular complexity index is 1440. The molecule has 225 valence electrons. The van der Waals surface area contributed by atoms with Gasteiger partial charge >= 0.3 is 0 Å². The molecule has 1 aliphatic carbocycles. The Morgan fingerprint density at radius 2 is 1.93 bits per heavy atom. The highest BCUT2D eigenvalue weighted by Crippen LogP contribution is 2.49. The maximum absolute atomic E-state index is 13.7. The molecule has 1 atom stereocenters. The number of imidazole rings is 1. The molecule has 0 saturated carbocycles. The Labute approximate surface area is 255 Å². The lowest BCUT2D eigenvalue weighted by Gasteiger charge is -2.34. The van der Waals surface area contributed by atoms with Crippen molar-refractivity contribution >= 4 is 28.5 Å². The number of ketones is 1. The van der Waals surface area contributed by atoms with Gasteiger partial charge in [-0.3, -0.25) is 15.5 Å². The van der Waals surface area contributed by atoms with E-state index in [9.17, 15) is 4.79 Å². The first kappa shape index (κ1) is 30.5. The number of thiophene rings is 1. The molecule has 7 nitrogen and oxygen atoms in total. The first-order valence-electron chi connectivity index (χ1n) is 15.4. The number of nitrogens with two attached hydrogens (primary N) is 1. The van der Waals surface area contributed by atoms with Gasteiger partial charge < -0.3 is 15.3 Å². The van der Waals surface area contributed by atoms with Gasteiger partial charge in [-0.25, -0.2) is 4.98 Å². The summed E-state index contributed by atoms with van der Waals surface area (Å²) in [7, 11) is 0. The van der Waals surface area contributed by atoms with Gasteiger partial charge in [0.15, 0.2) is 5.78 Å². The minimum Gasteiger partial charge on any atom is -0.384 e. The van der Waals surface area contributed by atoms with E-state index in [0.29, 0.717) is 0 Å². The highest BCUT2D eigenvalue weighted by Gasteiger charge is 2.43. The number of rotatable bonds is 13. The van der Waals surface area contributed by atoms with Crippen LogP contribution in [0.5, 0.6) is 0 Å². The number of carbonyl (C=O) groups is 1. The Morgan fingerprint density at radius 3 is 2.57 bits per heavy atom. The molecule has 2 aromatic heterocycles. The molecule has 8 heteroatoms. The first-order valence-corrected chi connectivity index (χ1v) is 16.2. The number of benzene rings is 1. The summed E-state index contributed by atoms with van der Waals surface area (Å²) in [5.41, 5.74) is 8.41. The van der Waals surface area contributed by atoms with Gasteiger partial charge in [-0.2, -0.15) is 0 Å². The van der Waals surface area contributed by atoms with Gasteiger partial charge in [0.2, 0.25) is 0 Å². The summed E-state index contributed by atoms with van der Waals surface area (Å²) in [5, 5.41) is 3.41. The van der Waals surface area contributed by atoms with Crippen LogP contribution in [0, 0.1) is 31.6 Å². The highest BCUT2D eigenvalue weighted by molar-refractivity contribution is 7.12. The highest BCUT2D eigenvalue weighted by atomic mass is 32.1. The van der Waals surface area contributed by atoms with Crippen molar-refractivity contribution in [3.8, 4) is 0 Å².